The van der Waals surface area contributed by atoms with Crippen molar-refractivity contribution in [2.24, 2.45) is 0 Å². The van der Waals surface area contributed by atoms with Gasteiger partial charge in [-0.25, -0.2) is 4.68 Å². The van der Waals surface area contributed by atoms with E-state index < -0.39 is 17.1 Å². The summed E-state index contributed by atoms with van der Waals surface area (Å²) in [6.45, 7) is 1.69. The zero-order valence-corrected chi connectivity index (χ0v) is 14.5. The van der Waals surface area contributed by atoms with E-state index in [2.05, 4.69) is 27.7 Å². The second-order valence-corrected chi connectivity index (χ2v) is 4.92. The molecule has 1 heterocycles. The smallest absolute Gasteiger partial charge is 0.543 e. The van der Waals surface area contributed by atoms with E-state index in [-0.39, 0.29) is 29.6 Å². The zero-order chi connectivity index (χ0) is 13.3. The van der Waals surface area contributed by atoms with Crippen LogP contribution in [0.4, 0.5) is 0 Å². The first-order chi connectivity index (χ1) is 8.49. The first-order valence-corrected chi connectivity index (χ1v) is 6.15. The Labute approximate surface area is 145 Å². The molecular formula is C12H8IN2NaO3. The predicted molar refractivity (Wildman–Crippen MR) is 71.6 cm³/mol. The number of hydrogen-bond acceptors (Lipinski definition) is 4. The molecule has 0 saturated heterocycles. The minimum absolute atomic E-state index is 0. The fraction of sp³-hybridized carbons (Fsp3) is 0.0833. The molecule has 0 N–H and O–H groups in total. The van der Waals surface area contributed by atoms with Crippen LogP contribution in [-0.2, 0) is 0 Å². The van der Waals surface area contributed by atoms with Crippen molar-refractivity contribution in [1.29, 1.82) is 0 Å². The van der Waals surface area contributed by atoms with E-state index in [4.69, 9.17) is 0 Å². The topological polar surface area (TPSA) is 75.0 Å². The Morgan fingerprint density at radius 1 is 1.32 bits per heavy atom. The van der Waals surface area contributed by atoms with E-state index in [9.17, 15) is 14.7 Å². The van der Waals surface area contributed by atoms with Gasteiger partial charge in [0, 0.05) is 15.3 Å². The second-order valence-electron chi connectivity index (χ2n) is 3.67. The molecule has 5 nitrogen and oxygen atoms in total. The van der Waals surface area contributed by atoms with Crippen LogP contribution < -0.4 is 40.1 Å². The summed E-state index contributed by atoms with van der Waals surface area (Å²) in [5, 5.41) is 14.6. The number of carbonyl (C=O) groups excluding carboxylic acids is 1. The fourth-order valence-electron chi connectivity index (χ4n) is 1.53. The van der Waals surface area contributed by atoms with Crippen LogP contribution in [0.3, 0.4) is 0 Å². The summed E-state index contributed by atoms with van der Waals surface area (Å²) in [5.41, 5.74) is 0.0232. The molecule has 7 heteroatoms. The number of rotatable bonds is 2. The molecule has 0 aliphatic heterocycles. The summed E-state index contributed by atoms with van der Waals surface area (Å²) in [5.74, 6) is -1.57. The Hall–Kier alpha value is -0.700. The zero-order valence-electron chi connectivity index (χ0n) is 10.4. The largest absolute Gasteiger partial charge is 1.00 e. The number of benzene rings is 1. The number of aromatic nitrogens is 2. The van der Waals surface area contributed by atoms with Crippen molar-refractivity contribution < 1.29 is 39.5 Å². The molecule has 0 atom stereocenters. The molecule has 0 aliphatic rings. The van der Waals surface area contributed by atoms with Crippen molar-refractivity contribution in [2.45, 2.75) is 6.92 Å². The number of carboxylic acid groups (broad SMARTS) is 1. The Balaban J connectivity index is 0.00000180. The van der Waals surface area contributed by atoms with Crippen LogP contribution in [0.15, 0.2) is 35.1 Å². The van der Waals surface area contributed by atoms with Gasteiger partial charge in [0.15, 0.2) is 5.69 Å². The van der Waals surface area contributed by atoms with Gasteiger partial charge in [0.25, 0.3) is 0 Å². The number of carbonyl (C=O) groups is 1. The monoisotopic (exact) mass is 378 g/mol. The van der Waals surface area contributed by atoms with Crippen molar-refractivity contribution in [3.8, 4) is 5.69 Å². The summed E-state index contributed by atoms with van der Waals surface area (Å²) in [7, 11) is 0. The average Bonchev–Trinajstić information content (AvgIpc) is 2.30. The molecule has 19 heavy (non-hydrogen) atoms. The molecule has 0 unspecified atom stereocenters. The van der Waals surface area contributed by atoms with E-state index in [1.165, 1.54) is 10.7 Å². The van der Waals surface area contributed by atoms with E-state index in [1.54, 1.807) is 19.1 Å². The van der Waals surface area contributed by atoms with Crippen molar-refractivity contribution in [3.63, 3.8) is 0 Å². The predicted octanol–water partition coefficient (Wildman–Crippen LogP) is -2.49. The minimum Gasteiger partial charge on any atom is -0.543 e. The van der Waals surface area contributed by atoms with Gasteiger partial charge in [0.1, 0.15) is 0 Å². The van der Waals surface area contributed by atoms with Gasteiger partial charge in [-0.2, -0.15) is 5.10 Å². The summed E-state index contributed by atoms with van der Waals surface area (Å²) < 4.78 is 2.46. The molecule has 1 aromatic carbocycles. The van der Waals surface area contributed by atoms with Crippen LogP contribution >= 0.6 is 22.6 Å². The minimum atomic E-state index is -1.57. The van der Waals surface area contributed by atoms with Crippen molar-refractivity contribution >= 4 is 28.6 Å². The second kappa shape index (κ2) is 6.65. The summed E-state index contributed by atoms with van der Waals surface area (Å²) in [6.07, 6.45) is 0. The summed E-state index contributed by atoms with van der Waals surface area (Å²) >= 11 is 2.16. The Kier molecular flexibility index (Phi) is 5.72. The molecule has 2 aromatic rings. The number of nitrogens with zero attached hydrogens (tertiary/aromatic N) is 2. The van der Waals surface area contributed by atoms with Gasteiger partial charge in [0.2, 0.25) is 5.43 Å². The molecular weight excluding hydrogens is 370 g/mol. The Morgan fingerprint density at radius 3 is 2.42 bits per heavy atom. The summed E-state index contributed by atoms with van der Waals surface area (Å²) in [6, 6.07) is 8.56. The van der Waals surface area contributed by atoms with Crippen LogP contribution in [0.5, 0.6) is 0 Å². The third kappa shape index (κ3) is 3.65. The molecule has 1 aromatic heterocycles. The number of aryl methyl sites for hydroxylation is 1. The molecule has 0 aliphatic carbocycles. The molecule has 0 fully saturated rings. The van der Waals surface area contributed by atoms with E-state index in [0.717, 1.165) is 3.57 Å². The van der Waals surface area contributed by atoms with Crippen LogP contribution in [0.25, 0.3) is 5.69 Å². The van der Waals surface area contributed by atoms with Gasteiger partial charge in [-0.05, 0) is 53.8 Å². The standard InChI is InChI=1S/C12H9IN2O3.Na/c1-7-6-10(16)11(12(17)18)14-15(7)9-4-2-8(13)3-5-9;/h2-6H,1H3,(H,17,18);/q;+1/p-1. The van der Waals surface area contributed by atoms with Crippen LogP contribution in [0.1, 0.15) is 16.2 Å². The molecule has 0 radical (unpaired) electrons. The van der Waals surface area contributed by atoms with Crippen molar-refractivity contribution in [3.05, 3.63) is 55.5 Å². The maximum Gasteiger partial charge on any atom is 1.00 e. The maximum absolute atomic E-state index is 11.4. The van der Waals surface area contributed by atoms with E-state index >= 15 is 0 Å². The Bertz CT molecular complexity index is 668. The SMILES string of the molecule is Cc1cc(=O)c(C(=O)[O-])nn1-c1ccc(I)cc1.[Na+]. The van der Waals surface area contributed by atoms with Gasteiger partial charge < -0.3 is 9.90 Å². The first kappa shape index (κ1) is 16.4. The van der Waals surface area contributed by atoms with Gasteiger partial charge in [-0.1, -0.05) is 0 Å². The van der Waals surface area contributed by atoms with Crippen molar-refractivity contribution in [1.82, 2.24) is 9.78 Å². The maximum atomic E-state index is 11.4. The van der Waals surface area contributed by atoms with Gasteiger partial charge in [0.05, 0.1) is 11.7 Å². The summed E-state index contributed by atoms with van der Waals surface area (Å²) in [4.78, 5) is 22.2. The average molecular weight is 378 g/mol. The first-order valence-electron chi connectivity index (χ1n) is 5.07. The van der Waals surface area contributed by atoms with E-state index in [0.29, 0.717) is 11.4 Å². The Morgan fingerprint density at radius 2 is 1.89 bits per heavy atom. The molecule has 92 valence electrons. The molecule has 0 bridgehead atoms. The molecule has 0 amide bonds. The number of hydrogen-bond donors (Lipinski definition) is 0. The van der Waals surface area contributed by atoms with E-state index in [1.807, 2.05) is 12.1 Å². The van der Waals surface area contributed by atoms with Gasteiger partial charge in [-0.15, -0.1) is 0 Å². The van der Waals surface area contributed by atoms with Crippen molar-refractivity contribution in [2.75, 3.05) is 0 Å². The third-order valence-corrected chi connectivity index (χ3v) is 3.09. The van der Waals surface area contributed by atoms with Crippen LogP contribution in [-0.4, -0.2) is 15.7 Å². The fourth-order valence-corrected chi connectivity index (χ4v) is 1.89. The number of carboxylic acids is 1. The van der Waals surface area contributed by atoms with Crippen LogP contribution in [0.2, 0.25) is 0 Å². The van der Waals surface area contributed by atoms with Crippen LogP contribution in [0, 0.1) is 10.5 Å². The number of aromatic carboxylic acids is 1. The van der Waals surface area contributed by atoms with Gasteiger partial charge in [-0.3, -0.25) is 4.79 Å². The molecule has 0 spiro atoms. The molecule has 2 rings (SSSR count). The van der Waals surface area contributed by atoms with Gasteiger partial charge >= 0.3 is 29.6 Å². The normalized spacial score (nSPS) is 9.79. The third-order valence-electron chi connectivity index (χ3n) is 2.37. The number of halogens is 1. The quantitative estimate of drug-likeness (QED) is 0.428. The molecule has 0 saturated carbocycles.